The zero-order chi connectivity index (χ0) is 31.8. The van der Waals surface area contributed by atoms with Gasteiger partial charge < -0.3 is 10.6 Å². The summed E-state index contributed by atoms with van der Waals surface area (Å²) in [6.45, 7) is 8.61. The molecular formula is C40H79N3O. The number of hydrogen-bond acceptors (Lipinski definition) is 3. The molecule has 0 fully saturated rings. The van der Waals surface area contributed by atoms with Crippen LogP contribution in [0.4, 0.5) is 0 Å². The van der Waals surface area contributed by atoms with E-state index in [1.807, 2.05) is 0 Å². The van der Waals surface area contributed by atoms with E-state index in [9.17, 15) is 4.79 Å². The fourth-order valence-electron chi connectivity index (χ4n) is 6.93. The van der Waals surface area contributed by atoms with Gasteiger partial charge in [-0.2, -0.15) is 0 Å². The molecular weight excluding hydrogens is 538 g/mol. The highest BCUT2D eigenvalue weighted by Gasteiger charge is 2.25. The van der Waals surface area contributed by atoms with Gasteiger partial charge >= 0.3 is 0 Å². The first-order valence-electron chi connectivity index (χ1n) is 20.3. The van der Waals surface area contributed by atoms with Crippen LogP contribution < -0.4 is 10.6 Å². The fourth-order valence-corrected chi connectivity index (χ4v) is 6.93. The third kappa shape index (κ3) is 25.2. The maximum absolute atomic E-state index is 12.7. The van der Waals surface area contributed by atoms with Gasteiger partial charge in [0.15, 0.2) is 0 Å². The Bertz CT molecular complexity index is 649. The largest absolute Gasteiger partial charge is 0.372 e. The Hall–Kier alpha value is -1.06. The first-order valence-corrected chi connectivity index (χ1v) is 20.3. The standard InChI is InChI=1S/C40H79N3O/c1-4-6-8-10-12-14-16-18-20-22-24-26-28-30-32-34-39(44)43-37(3)38(40-41-35-36-42-40)33-31-29-27-25-23-21-19-17-15-13-11-9-7-5-2/h37-38H,4-36H2,1-3H3,(H,41,42)(H,43,44). The third-order valence-corrected chi connectivity index (χ3v) is 9.92. The Morgan fingerprint density at radius 1 is 0.591 bits per heavy atom. The fraction of sp³-hybridized carbons (Fsp3) is 0.950. The lowest BCUT2D eigenvalue weighted by atomic mass is 9.92. The molecule has 0 aliphatic carbocycles. The molecule has 2 N–H and O–H groups in total. The van der Waals surface area contributed by atoms with Gasteiger partial charge in [-0.3, -0.25) is 9.79 Å². The summed E-state index contributed by atoms with van der Waals surface area (Å²) in [5.41, 5.74) is 0. The van der Waals surface area contributed by atoms with E-state index in [0.717, 1.165) is 31.8 Å². The normalized spacial score (nSPS) is 14.4. The van der Waals surface area contributed by atoms with Crippen LogP contribution in [0, 0.1) is 5.92 Å². The first kappa shape index (κ1) is 41.0. The van der Waals surface area contributed by atoms with E-state index in [1.165, 1.54) is 180 Å². The van der Waals surface area contributed by atoms with Gasteiger partial charge in [0.05, 0.1) is 6.54 Å². The Balaban J connectivity index is 2.03. The summed E-state index contributed by atoms with van der Waals surface area (Å²) in [6.07, 6.45) is 41.7. The van der Waals surface area contributed by atoms with Crippen molar-refractivity contribution < 1.29 is 4.79 Å². The van der Waals surface area contributed by atoms with Crippen LogP contribution in [0.25, 0.3) is 0 Å². The average Bonchev–Trinajstić information content (AvgIpc) is 3.55. The molecule has 0 aromatic rings. The van der Waals surface area contributed by atoms with Gasteiger partial charge in [-0.15, -0.1) is 0 Å². The SMILES string of the molecule is CCCCCCCCCCCCCCCCCC(=O)NC(C)C(CCCCCCCCCCCCCCCC)C1=NCCN1. The van der Waals surface area contributed by atoms with Crippen LogP contribution in [0.1, 0.15) is 220 Å². The molecule has 1 aliphatic heterocycles. The molecule has 0 spiro atoms. The van der Waals surface area contributed by atoms with E-state index in [4.69, 9.17) is 4.99 Å². The van der Waals surface area contributed by atoms with E-state index >= 15 is 0 Å². The molecule has 0 bridgehead atoms. The number of nitrogens with one attached hydrogen (secondary N) is 2. The lowest BCUT2D eigenvalue weighted by Gasteiger charge is -2.25. The van der Waals surface area contributed by atoms with Gasteiger partial charge in [0, 0.05) is 24.9 Å². The minimum Gasteiger partial charge on any atom is -0.372 e. The average molecular weight is 618 g/mol. The number of rotatable bonds is 34. The molecule has 0 saturated carbocycles. The molecule has 1 amide bonds. The highest BCUT2D eigenvalue weighted by molar-refractivity contribution is 5.87. The molecule has 1 heterocycles. The molecule has 2 atom stereocenters. The highest BCUT2D eigenvalue weighted by Crippen LogP contribution is 2.20. The van der Waals surface area contributed by atoms with Crippen molar-refractivity contribution in [3.05, 3.63) is 0 Å². The van der Waals surface area contributed by atoms with Gasteiger partial charge in [-0.05, 0) is 19.8 Å². The van der Waals surface area contributed by atoms with Crippen LogP contribution in [-0.4, -0.2) is 30.9 Å². The molecule has 0 aromatic heterocycles. The van der Waals surface area contributed by atoms with Gasteiger partial charge in [0.25, 0.3) is 0 Å². The van der Waals surface area contributed by atoms with E-state index in [2.05, 4.69) is 31.4 Å². The predicted octanol–water partition coefficient (Wildman–Crippen LogP) is 12.2. The van der Waals surface area contributed by atoms with Gasteiger partial charge in [-0.1, -0.05) is 194 Å². The second-order valence-corrected chi connectivity index (χ2v) is 14.2. The topological polar surface area (TPSA) is 53.5 Å². The number of amidine groups is 1. The summed E-state index contributed by atoms with van der Waals surface area (Å²) in [7, 11) is 0. The molecule has 0 radical (unpaired) electrons. The van der Waals surface area contributed by atoms with Gasteiger partial charge in [0.1, 0.15) is 5.84 Å². The second-order valence-electron chi connectivity index (χ2n) is 14.2. The van der Waals surface area contributed by atoms with E-state index in [1.54, 1.807) is 0 Å². The lowest BCUT2D eigenvalue weighted by molar-refractivity contribution is -0.122. The van der Waals surface area contributed by atoms with Crippen LogP contribution in [0.5, 0.6) is 0 Å². The smallest absolute Gasteiger partial charge is 0.220 e. The minimum absolute atomic E-state index is 0.158. The Labute approximate surface area is 276 Å². The quantitative estimate of drug-likeness (QED) is 0.0706. The Kier molecular flexibility index (Phi) is 29.7. The number of aliphatic imine (C=N–C) groups is 1. The summed E-state index contributed by atoms with van der Waals surface area (Å²) in [4.78, 5) is 17.5. The lowest BCUT2D eigenvalue weighted by Crippen LogP contribution is -2.44. The molecule has 1 aliphatic rings. The van der Waals surface area contributed by atoms with Crippen molar-refractivity contribution in [3.63, 3.8) is 0 Å². The number of carbonyl (C=O) groups excluding carboxylic acids is 1. The number of hydrogen-bond donors (Lipinski definition) is 2. The Morgan fingerprint density at radius 3 is 1.32 bits per heavy atom. The molecule has 4 nitrogen and oxygen atoms in total. The van der Waals surface area contributed by atoms with Crippen LogP contribution in [0.3, 0.4) is 0 Å². The minimum atomic E-state index is 0.158. The van der Waals surface area contributed by atoms with Crippen molar-refractivity contribution in [1.82, 2.24) is 10.6 Å². The van der Waals surface area contributed by atoms with Crippen LogP contribution in [0.2, 0.25) is 0 Å². The number of nitrogens with zero attached hydrogens (tertiary/aromatic N) is 1. The van der Waals surface area contributed by atoms with Crippen molar-refractivity contribution >= 4 is 11.7 Å². The second kappa shape index (κ2) is 31.9. The molecule has 260 valence electrons. The van der Waals surface area contributed by atoms with Crippen LogP contribution in [-0.2, 0) is 4.79 Å². The zero-order valence-corrected chi connectivity index (χ0v) is 30.3. The maximum atomic E-state index is 12.7. The van der Waals surface area contributed by atoms with Crippen LogP contribution in [0.15, 0.2) is 4.99 Å². The van der Waals surface area contributed by atoms with Crippen molar-refractivity contribution in [3.8, 4) is 0 Å². The Morgan fingerprint density at radius 2 is 0.955 bits per heavy atom. The highest BCUT2D eigenvalue weighted by atomic mass is 16.1. The van der Waals surface area contributed by atoms with Gasteiger partial charge in [-0.25, -0.2) is 0 Å². The number of carbonyl (C=O) groups is 1. The summed E-state index contributed by atoms with van der Waals surface area (Å²) < 4.78 is 0. The molecule has 44 heavy (non-hydrogen) atoms. The molecule has 2 unspecified atom stereocenters. The summed E-state index contributed by atoms with van der Waals surface area (Å²) >= 11 is 0. The number of amides is 1. The van der Waals surface area contributed by atoms with E-state index in [-0.39, 0.29) is 11.9 Å². The zero-order valence-electron chi connectivity index (χ0n) is 30.3. The molecule has 1 rings (SSSR count). The summed E-state index contributed by atoms with van der Waals surface area (Å²) in [5, 5.41) is 6.86. The predicted molar refractivity (Wildman–Crippen MR) is 196 cm³/mol. The van der Waals surface area contributed by atoms with Crippen LogP contribution >= 0.6 is 0 Å². The van der Waals surface area contributed by atoms with Crippen molar-refractivity contribution in [2.24, 2.45) is 10.9 Å². The third-order valence-electron chi connectivity index (χ3n) is 9.92. The first-order chi connectivity index (χ1) is 21.7. The molecule has 0 saturated heterocycles. The number of unbranched alkanes of at least 4 members (excludes halogenated alkanes) is 27. The summed E-state index contributed by atoms with van der Waals surface area (Å²) in [5.74, 6) is 1.70. The van der Waals surface area contributed by atoms with Crippen molar-refractivity contribution in [2.45, 2.75) is 226 Å². The van der Waals surface area contributed by atoms with Crippen molar-refractivity contribution in [1.29, 1.82) is 0 Å². The monoisotopic (exact) mass is 618 g/mol. The molecule has 0 aromatic carbocycles. The van der Waals surface area contributed by atoms with E-state index < -0.39 is 0 Å². The van der Waals surface area contributed by atoms with Gasteiger partial charge in [0.2, 0.25) is 5.91 Å². The molecule has 4 heteroatoms. The van der Waals surface area contributed by atoms with E-state index in [0.29, 0.717) is 12.3 Å². The summed E-state index contributed by atoms with van der Waals surface area (Å²) in [6, 6.07) is 0.158. The van der Waals surface area contributed by atoms with Crippen molar-refractivity contribution in [2.75, 3.05) is 13.1 Å². The maximum Gasteiger partial charge on any atom is 0.220 e.